The lowest BCUT2D eigenvalue weighted by Crippen LogP contribution is -2.41. The molecule has 0 radical (unpaired) electrons. The van der Waals surface area contributed by atoms with E-state index in [1.807, 2.05) is 94.3 Å². The van der Waals surface area contributed by atoms with Crippen LogP contribution in [-0.2, 0) is 18.8 Å². The summed E-state index contributed by atoms with van der Waals surface area (Å²) in [5, 5.41) is 0. The van der Waals surface area contributed by atoms with Gasteiger partial charge in [-0.15, -0.1) is 0 Å². The van der Waals surface area contributed by atoms with Gasteiger partial charge in [-0.1, -0.05) is 22.0 Å². The maximum Gasteiger partial charge on any atom is 0.496 e. The van der Waals surface area contributed by atoms with E-state index in [-0.39, 0.29) is 53.5 Å². The maximum absolute atomic E-state index is 12.8. The molecule has 5 fully saturated rings. The van der Waals surface area contributed by atoms with Crippen LogP contribution in [0.25, 0.3) is 11.1 Å². The number of halogens is 1. The Labute approximate surface area is 386 Å². The number of hydrogen-bond donors (Lipinski definition) is 2. The second kappa shape index (κ2) is 18.2. The van der Waals surface area contributed by atoms with Crippen LogP contribution in [-0.4, -0.2) is 95.6 Å². The predicted molar refractivity (Wildman–Crippen MR) is 253 cm³/mol. The Balaban J connectivity index is 0.000000163. The standard InChI is InChI=1S/C22H33BN2O4.C21H26N4O2.C5H5BrN2/c1-20(2,3)27-19(26)25-16-8-9-18(25)17(11-16)14-10-15(13-24-12-14)23-28-21(4,5)22(6,7)29-23;1-21(2,3)27-20(26)25-16-4-5-18(25)17(10-16)15-8-14(11-23-12-15)13-6-7-24-19(22)9-13;6-4-1-2-8-5(7)3-4/h10,12-13,16-18H,8-9,11H2,1-7H3;6-9,11-12,16-18H,4-5,10H2,1-3H3,(H2,22,24);1-3H,(H2,7,8). The zero-order chi connectivity index (χ0) is 46.4. The number of carbonyl (C=O) groups excluding carboxylic acids is 2. The van der Waals surface area contributed by atoms with Crippen LogP contribution < -0.4 is 16.9 Å². The van der Waals surface area contributed by atoms with Crippen molar-refractivity contribution in [1.82, 2.24) is 29.7 Å². The Bertz CT molecular complexity index is 2290. The van der Waals surface area contributed by atoms with Crippen LogP contribution in [0, 0.1) is 0 Å². The van der Waals surface area contributed by atoms with Crippen molar-refractivity contribution in [2.24, 2.45) is 0 Å². The molecule has 342 valence electrons. The van der Waals surface area contributed by atoms with Crippen molar-refractivity contribution >= 4 is 52.3 Å². The van der Waals surface area contributed by atoms with Gasteiger partial charge in [0.2, 0.25) is 0 Å². The van der Waals surface area contributed by atoms with Gasteiger partial charge in [0.15, 0.2) is 0 Å². The lowest BCUT2D eigenvalue weighted by atomic mass is 9.77. The highest BCUT2D eigenvalue weighted by Crippen LogP contribution is 2.49. The first-order valence-electron chi connectivity index (χ1n) is 22.4. The van der Waals surface area contributed by atoms with E-state index in [1.165, 1.54) is 5.56 Å². The van der Waals surface area contributed by atoms with E-state index >= 15 is 0 Å². The molecule has 4 aromatic heterocycles. The van der Waals surface area contributed by atoms with E-state index in [9.17, 15) is 9.59 Å². The molecular weight excluding hydrogens is 875 g/mol. The number of nitrogens with two attached hydrogens (primary N) is 2. The average molecular weight is 940 g/mol. The van der Waals surface area contributed by atoms with Gasteiger partial charge in [0.1, 0.15) is 22.8 Å². The van der Waals surface area contributed by atoms with Gasteiger partial charge in [-0.05, 0) is 155 Å². The topological polar surface area (TPSA) is 181 Å². The van der Waals surface area contributed by atoms with Crippen LogP contribution in [0.15, 0.2) is 78.1 Å². The molecule has 5 aliphatic rings. The summed E-state index contributed by atoms with van der Waals surface area (Å²) in [5.41, 5.74) is 14.7. The van der Waals surface area contributed by atoms with Crippen molar-refractivity contribution in [2.45, 2.75) is 166 Å². The molecule has 64 heavy (non-hydrogen) atoms. The van der Waals surface area contributed by atoms with Crippen LogP contribution in [0.1, 0.15) is 131 Å². The normalized spacial score (nSPS) is 25.0. The fraction of sp³-hybridized carbons (Fsp3) is 0.542. The predicted octanol–water partition coefficient (Wildman–Crippen LogP) is 9.04. The molecule has 4 aromatic rings. The second-order valence-electron chi connectivity index (χ2n) is 20.6. The number of rotatable bonds is 4. The number of fused-ring (bicyclic) bond motifs is 4. The Morgan fingerprint density at radius 3 is 1.64 bits per heavy atom. The lowest BCUT2D eigenvalue weighted by Gasteiger charge is -2.32. The molecular formula is C48H64BBrN8O6. The van der Waals surface area contributed by atoms with Gasteiger partial charge in [0.05, 0.1) is 11.2 Å². The molecule has 0 spiro atoms. The maximum atomic E-state index is 12.8. The van der Waals surface area contributed by atoms with Gasteiger partial charge in [-0.3, -0.25) is 9.97 Å². The number of carbonyl (C=O) groups is 2. The van der Waals surface area contributed by atoms with Crippen LogP contribution in [0.4, 0.5) is 21.2 Å². The molecule has 5 saturated heterocycles. The van der Waals surface area contributed by atoms with Gasteiger partial charge in [0.25, 0.3) is 0 Å². The molecule has 4 bridgehead atoms. The zero-order valence-corrected chi connectivity index (χ0v) is 40.5. The molecule has 4 N–H and O–H groups in total. The third-order valence-corrected chi connectivity index (χ3v) is 13.6. The number of pyridine rings is 4. The van der Waals surface area contributed by atoms with Crippen LogP contribution >= 0.6 is 15.9 Å². The summed E-state index contributed by atoms with van der Waals surface area (Å²) in [4.78, 5) is 46.2. The Hall–Kier alpha value is -4.80. The molecule has 14 nitrogen and oxygen atoms in total. The highest BCUT2D eigenvalue weighted by atomic mass is 79.9. The fourth-order valence-electron chi connectivity index (χ4n) is 9.55. The summed E-state index contributed by atoms with van der Waals surface area (Å²) in [6.07, 6.45) is 16.5. The minimum absolute atomic E-state index is 0.171. The third kappa shape index (κ3) is 10.7. The summed E-state index contributed by atoms with van der Waals surface area (Å²) in [7, 11) is -0.423. The van der Waals surface area contributed by atoms with Crippen LogP contribution in [0.2, 0.25) is 0 Å². The van der Waals surface area contributed by atoms with E-state index in [0.29, 0.717) is 17.6 Å². The highest BCUT2D eigenvalue weighted by molar-refractivity contribution is 9.10. The van der Waals surface area contributed by atoms with Gasteiger partial charge < -0.3 is 40.0 Å². The Kier molecular flexibility index (Phi) is 13.4. The molecule has 16 heteroatoms. The molecule has 5 aliphatic heterocycles. The summed E-state index contributed by atoms with van der Waals surface area (Å²) < 4.78 is 24.7. The zero-order valence-electron chi connectivity index (χ0n) is 38.9. The first-order chi connectivity index (χ1) is 30.0. The Morgan fingerprint density at radius 2 is 1.17 bits per heavy atom. The first-order valence-corrected chi connectivity index (χ1v) is 23.1. The van der Waals surface area contributed by atoms with Crippen molar-refractivity contribution in [1.29, 1.82) is 0 Å². The molecule has 0 aromatic carbocycles. The van der Waals surface area contributed by atoms with Gasteiger partial charge in [0, 0.05) is 88.7 Å². The van der Waals surface area contributed by atoms with Crippen molar-refractivity contribution in [2.75, 3.05) is 11.5 Å². The first kappa shape index (κ1) is 47.2. The quantitative estimate of drug-likeness (QED) is 0.186. The Morgan fingerprint density at radius 1 is 0.688 bits per heavy atom. The van der Waals surface area contributed by atoms with Crippen molar-refractivity contribution < 1.29 is 28.4 Å². The van der Waals surface area contributed by atoms with Gasteiger partial charge in [-0.25, -0.2) is 19.6 Å². The monoisotopic (exact) mass is 938 g/mol. The molecule has 0 aliphatic carbocycles. The molecule has 2 amide bonds. The number of aromatic nitrogens is 4. The molecule has 6 atom stereocenters. The summed E-state index contributed by atoms with van der Waals surface area (Å²) in [6, 6.07) is 12.6. The summed E-state index contributed by atoms with van der Waals surface area (Å²) in [6.45, 7) is 19.7. The number of nitrogen functional groups attached to an aromatic ring is 2. The third-order valence-electron chi connectivity index (χ3n) is 13.1. The minimum atomic E-state index is -0.479. The van der Waals surface area contributed by atoms with E-state index in [2.05, 4.69) is 75.7 Å². The molecule has 9 rings (SSSR count). The summed E-state index contributed by atoms with van der Waals surface area (Å²) >= 11 is 3.24. The number of hydrogen-bond acceptors (Lipinski definition) is 12. The van der Waals surface area contributed by atoms with E-state index in [0.717, 1.165) is 65.2 Å². The number of nitrogens with zero attached hydrogens (tertiary/aromatic N) is 6. The van der Waals surface area contributed by atoms with E-state index < -0.39 is 18.3 Å². The minimum Gasteiger partial charge on any atom is -0.444 e. The SMILES string of the molecule is CC(C)(C)OC(=O)N1C2CCC1C(c1cncc(-c3ccnc(N)c3)c1)C2.CC(C)(C)OC(=O)N1C2CCC1C(c1cncc(B3OC(C)(C)C(C)(C)O3)c1)C2.Nc1cc(Br)ccn1. The summed E-state index contributed by atoms with van der Waals surface area (Å²) in [5.74, 6) is 1.60. The second-order valence-corrected chi connectivity index (χ2v) is 21.5. The smallest absolute Gasteiger partial charge is 0.444 e. The van der Waals surface area contributed by atoms with Crippen molar-refractivity contribution in [3.8, 4) is 11.1 Å². The van der Waals surface area contributed by atoms with Gasteiger partial charge >= 0.3 is 19.3 Å². The largest absolute Gasteiger partial charge is 0.496 e. The number of anilines is 2. The molecule has 9 heterocycles. The van der Waals surface area contributed by atoms with Crippen LogP contribution in [0.5, 0.6) is 0 Å². The van der Waals surface area contributed by atoms with Crippen molar-refractivity contribution in [3.05, 3.63) is 89.2 Å². The average Bonchev–Trinajstić information content (AvgIpc) is 4.03. The van der Waals surface area contributed by atoms with Crippen LogP contribution in [0.3, 0.4) is 0 Å². The fourth-order valence-corrected chi connectivity index (χ4v) is 9.90. The molecule has 0 saturated carbocycles. The van der Waals surface area contributed by atoms with E-state index in [1.54, 1.807) is 18.5 Å². The van der Waals surface area contributed by atoms with E-state index in [4.69, 9.17) is 30.2 Å². The van der Waals surface area contributed by atoms with Gasteiger partial charge in [-0.2, -0.15) is 0 Å². The number of amides is 2. The van der Waals surface area contributed by atoms with Crippen molar-refractivity contribution in [3.63, 3.8) is 0 Å². The lowest BCUT2D eigenvalue weighted by molar-refractivity contribution is 0.00578. The molecule has 6 unspecified atom stereocenters. The highest BCUT2D eigenvalue weighted by Gasteiger charge is 2.54. The number of ether oxygens (including phenoxy) is 2.